The first kappa shape index (κ1) is 16.3. The van der Waals surface area contributed by atoms with Gasteiger partial charge in [0, 0.05) is 45.7 Å². The molecule has 0 aliphatic carbocycles. The lowest BCUT2D eigenvalue weighted by Gasteiger charge is -2.34. The van der Waals surface area contributed by atoms with Crippen LogP contribution in [-0.2, 0) is 11.3 Å². The van der Waals surface area contributed by atoms with Gasteiger partial charge in [-0.15, -0.1) is 0 Å². The van der Waals surface area contributed by atoms with E-state index in [2.05, 4.69) is 22.3 Å². The van der Waals surface area contributed by atoms with Crippen molar-refractivity contribution in [2.45, 2.75) is 13.5 Å². The summed E-state index contributed by atoms with van der Waals surface area (Å²) in [5, 5.41) is 2.53. The number of piperazine rings is 1. The molecule has 0 saturated carbocycles. The Morgan fingerprint density at radius 2 is 1.75 bits per heavy atom. The molecule has 3 rings (SSSR count). The van der Waals surface area contributed by atoms with Crippen molar-refractivity contribution in [1.29, 1.82) is 0 Å². The fraction of sp³-hybridized carbons (Fsp3) is 0.333. The number of carbonyl (C=O) groups excluding carboxylic acids is 2. The topological polar surface area (TPSA) is 65.8 Å². The molecule has 126 valence electrons. The van der Waals surface area contributed by atoms with E-state index in [1.54, 1.807) is 17.0 Å². The molecule has 1 aromatic heterocycles. The molecule has 2 heterocycles. The van der Waals surface area contributed by atoms with Crippen LogP contribution in [0.15, 0.2) is 46.9 Å². The fourth-order valence-corrected chi connectivity index (χ4v) is 2.80. The molecule has 0 atom stereocenters. The van der Waals surface area contributed by atoms with Crippen LogP contribution >= 0.6 is 0 Å². The smallest absolute Gasteiger partial charge is 0.289 e. The van der Waals surface area contributed by atoms with Gasteiger partial charge in [0.05, 0.1) is 0 Å². The van der Waals surface area contributed by atoms with Gasteiger partial charge in [0.15, 0.2) is 11.6 Å². The third kappa shape index (κ3) is 4.02. The van der Waals surface area contributed by atoms with Gasteiger partial charge in [0.2, 0.25) is 5.91 Å². The van der Waals surface area contributed by atoms with Gasteiger partial charge in [-0.3, -0.25) is 19.8 Å². The minimum atomic E-state index is -0.224. The zero-order valence-electron chi connectivity index (χ0n) is 13.7. The lowest BCUT2D eigenvalue weighted by atomic mass is 10.2. The van der Waals surface area contributed by atoms with E-state index < -0.39 is 0 Å². The molecule has 6 heteroatoms. The van der Waals surface area contributed by atoms with Gasteiger partial charge in [-0.2, -0.15) is 0 Å². The highest BCUT2D eigenvalue weighted by Crippen LogP contribution is 2.17. The highest BCUT2D eigenvalue weighted by molar-refractivity contribution is 5.93. The van der Waals surface area contributed by atoms with Crippen LogP contribution in [0.2, 0.25) is 0 Å². The highest BCUT2D eigenvalue weighted by atomic mass is 16.4. The SMILES string of the molecule is CC(=O)Nc1ccc(C(=O)N2CCN(Cc3ccccc3)CC2)o1. The van der Waals surface area contributed by atoms with Crippen LogP contribution in [0.3, 0.4) is 0 Å². The molecule has 0 unspecified atom stereocenters. The third-order valence-electron chi connectivity index (χ3n) is 4.02. The fourth-order valence-electron chi connectivity index (χ4n) is 2.80. The van der Waals surface area contributed by atoms with Gasteiger partial charge in [-0.25, -0.2) is 0 Å². The molecule has 2 amide bonds. The van der Waals surface area contributed by atoms with Crippen LogP contribution in [0, 0.1) is 0 Å². The summed E-state index contributed by atoms with van der Waals surface area (Å²) in [6.07, 6.45) is 0. The van der Waals surface area contributed by atoms with Crippen LogP contribution in [0.1, 0.15) is 23.0 Å². The zero-order valence-corrected chi connectivity index (χ0v) is 13.7. The number of hydrogen-bond donors (Lipinski definition) is 1. The van der Waals surface area contributed by atoms with Crippen LogP contribution in [0.25, 0.3) is 0 Å². The van der Waals surface area contributed by atoms with Gasteiger partial charge in [0.1, 0.15) is 0 Å². The van der Waals surface area contributed by atoms with Crippen molar-refractivity contribution in [3.63, 3.8) is 0 Å². The van der Waals surface area contributed by atoms with Crippen molar-refractivity contribution in [2.75, 3.05) is 31.5 Å². The number of carbonyl (C=O) groups is 2. The summed E-state index contributed by atoms with van der Waals surface area (Å²) in [5.74, 6) is 0.202. The largest absolute Gasteiger partial charge is 0.435 e. The number of nitrogens with zero attached hydrogens (tertiary/aromatic N) is 2. The number of benzene rings is 1. The first-order valence-electron chi connectivity index (χ1n) is 8.05. The van der Waals surface area contributed by atoms with Crippen molar-refractivity contribution in [2.24, 2.45) is 0 Å². The van der Waals surface area contributed by atoms with Gasteiger partial charge in [0.25, 0.3) is 5.91 Å². The van der Waals surface area contributed by atoms with Crippen molar-refractivity contribution in [3.8, 4) is 0 Å². The van der Waals surface area contributed by atoms with Crippen molar-refractivity contribution in [3.05, 3.63) is 53.8 Å². The van der Waals surface area contributed by atoms with E-state index >= 15 is 0 Å². The zero-order chi connectivity index (χ0) is 16.9. The first-order chi connectivity index (χ1) is 11.6. The van der Waals surface area contributed by atoms with Crippen LogP contribution in [0.5, 0.6) is 0 Å². The molecule has 1 aromatic carbocycles. The van der Waals surface area contributed by atoms with Crippen LogP contribution in [-0.4, -0.2) is 47.8 Å². The number of hydrogen-bond acceptors (Lipinski definition) is 4. The van der Waals surface area contributed by atoms with E-state index in [1.165, 1.54) is 12.5 Å². The van der Waals surface area contributed by atoms with E-state index in [9.17, 15) is 9.59 Å². The second-order valence-corrected chi connectivity index (χ2v) is 5.90. The maximum absolute atomic E-state index is 12.5. The summed E-state index contributed by atoms with van der Waals surface area (Å²) >= 11 is 0. The molecular weight excluding hydrogens is 306 g/mol. The predicted molar refractivity (Wildman–Crippen MR) is 90.6 cm³/mol. The summed E-state index contributed by atoms with van der Waals surface area (Å²) in [6.45, 7) is 5.30. The second kappa shape index (κ2) is 7.31. The number of amides is 2. The highest BCUT2D eigenvalue weighted by Gasteiger charge is 2.24. The molecule has 6 nitrogen and oxygen atoms in total. The molecule has 1 aliphatic rings. The molecule has 2 aromatic rings. The van der Waals surface area contributed by atoms with Gasteiger partial charge < -0.3 is 9.32 Å². The molecule has 24 heavy (non-hydrogen) atoms. The van der Waals surface area contributed by atoms with Gasteiger partial charge >= 0.3 is 0 Å². The number of rotatable bonds is 4. The quantitative estimate of drug-likeness (QED) is 0.935. The Morgan fingerprint density at radius 3 is 2.42 bits per heavy atom. The van der Waals surface area contributed by atoms with E-state index in [4.69, 9.17) is 4.42 Å². The van der Waals surface area contributed by atoms with E-state index in [1.807, 2.05) is 18.2 Å². The summed E-state index contributed by atoms with van der Waals surface area (Å²) in [4.78, 5) is 27.6. The van der Waals surface area contributed by atoms with E-state index in [0.717, 1.165) is 19.6 Å². The monoisotopic (exact) mass is 327 g/mol. The molecule has 1 N–H and O–H groups in total. The predicted octanol–water partition coefficient (Wildman–Crippen LogP) is 2.20. The number of nitrogens with one attached hydrogen (secondary N) is 1. The molecule has 1 aliphatic heterocycles. The molecule has 0 radical (unpaired) electrons. The molecule has 0 bridgehead atoms. The maximum Gasteiger partial charge on any atom is 0.289 e. The molecule has 1 saturated heterocycles. The summed E-state index contributed by atoms with van der Waals surface area (Å²) in [7, 11) is 0. The average Bonchev–Trinajstić information content (AvgIpc) is 3.03. The molecule has 0 spiro atoms. The standard InChI is InChI=1S/C18H21N3O3/c1-14(22)19-17-8-7-16(24-17)18(23)21-11-9-20(10-12-21)13-15-5-3-2-4-6-15/h2-8H,9-13H2,1H3,(H,19,22). The molecule has 1 fully saturated rings. The Labute approximate surface area is 141 Å². The second-order valence-electron chi connectivity index (χ2n) is 5.90. The maximum atomic E-state index is 12.5. The molecular formula is C18H21N3O3. The summed E-state index contributed by atoms with van der Waals surface area (Å²) in [6, 6.07) is 13.5. The van der Waals surface area contributed by atoms with Gasteiger partial charge in [-0.05, 0) is 11.6 Å². The first-order valence-corrected chi connectivity index (χ1v) is 8.05. The van der Waals surface area contributed by atoms with Crippen LogP contribution in [0.4, 0.5) is 5.88 Å². The third-order valence-corrected chi connectivity index (χ3v) is 4.02. The van der Waals surface area contributed by atoms with Crippen LogP contribution < -0.4 is 5.32 Å². The Hall–Kier alpha value is -2.60. The minimum absolute atomic E-state index is 0.133. The average molecular weight is 327 g/mol. The Morgan fingerprint density at radius 1 is 1.04 bits per heavy atom. The van der Waals surface area contributed by atoms with Crippen molar-refractivity contribution >= 4 is 17.7 Å². The summed E-state index contributed by atoms with van der Waals surface area (Å²) < 4.78 is 5.40. The van der Waals surface area contributed by atoms with Crippen molar-refractivity contribution in [1.82, 2.24) is 9.80 Å². The van der Waals surface area contributed by atoms with E-state index in [-0.39, 0.29) is 17.6 Å². The lowest BCUT2D eigenvalue weighted by Crippen LogP contribution is -2.48. The Kier molecular flexibility index (Phi) is 4.96. The Balaban J connectivity index is 1.53. The summed E-state index contributed by atoms with van der Waals surface area (Å²) in [5.41, 5.74) is 1.28. The van der Waals surface area contributed by atoms with Gasteiger partial charge in [-0.1, -0.05) is 30.3 Å². The van der Waals surface area contributed by atoms with Crippen molar-refractivity contribution < 1.29 is 14.0 Å². The minimum Gasteiger partial charge on any atom is -0.435 e. The normalized spacial score (nSPS) is 15.3. The van der Waals surface area contributed by atoms with E-state index in [0.29, 0.717) is 19.0 Å². The lowest BCUT2D eigenvalue weighted by molar-refractivity contribution is -0.114. The number of furan rings is 1. The number of anilines is 1. The Bertz CT molecular complexity index is 703.